The van der Waals surface area contributed by atoms with Crippen LogP contribution in [-0.2, 0) is 4.79 Å². The van der Waals surface area contributed by atoms with Gasteiger partial charge in [-0.15, -0.1) is 0 Å². The van der Waals surface area contributed by atoms with E-state index in [2.05, 4.69) is 10.6 Å². The molecule has 0 radical (unpaired) electrons. The van der Waals surface area contributed by atoms with Crippen molar-refractivity contribution in [2.75, 3.05) is 18.4 Å². The maximum absolute atomic E-state index is 12.2. The zero-order chi connectivity index (χ0) is 13.7. The van der Waals surface area contributed by atoms with Crippen LogP contribution < -0.4 is 10.6 Å². The molecule has 102 valence electrons. The van der Waals surface area contributed by atoms with E-state index in [-0.39, 0.29) is 18.0 Å². The van der Waals surface area contributed by atoms with Crippen molar-refractivity contribution in [1.82, 2.24) is 10.2 Å². The van der Waals surface area contributed by atoms with Crippen molar-refractivity contribution in [3.63, 3.8) is 0 Å². The van der Waals surface area contributed by atoms with Crippen LogP contribution in [0.3, 0.4) is 0 Å². The van der Waals surface area contributed by atoms with Gasteiger partial charge in [-0.1, -0.05) is 18.2 Å². The first kappa shape index (κ1) is 13.5. The molecule has 0 aromatic heterocycles. The molecule has 0 saturated carbocycles. The van der Waals surface area contributed by atoms with Gasteiger partial charge >= 0.3 is 6.03 Å². The quantitative estimate of drug-likeness (QED) is 0.853. The largest absolute Gasteiger partial charge is 0.328 e. The van der Waals surface area contributed by atoms with Crippen LogP contribution in [0.4, 0.5) is 10.5 Å². The van der Waals surface area contributed by atoms with Gasteiger partial charge in [0.15, 0.2) is 0 Å². The molecule has 1 heterocycles. The smallest absolute Gasteiger partial charge is 0.315 e. The van der Waals surface area contributed by atoms with Crippen LogP contribution in [0.25, 0.3) is 0 Å². The Bertz CT molecular complexity index is 441. The minimum absolute atomic E-state index is 0.0602. The van der Waals surface area contributed by atoms with E-state index < -0.39 is 0 Å². The minimum Gasteiger partial charge on any atom is -0.315 e. The number of benzene rings is 1. The number of amides is 3. The molecule has 1 unspecified atom stereocenters. The summed E-state index contributed by atoms with van der Waals surface area (Å²) < 4.78 is 0. The molecule has 0 aliphatic carbocycles. The number of hydrogen-bond donors (Lipinski definition) is 2. The summed E-state index contributed by atoms with van der Waals surface area (Å²) in [4.78, 5) is 25.3. The topological polar surface area (TPSA) is 61.4 Å². The van der Waals surface area contributed by atoms with Crippen LogP contribution in [0, 0.1) is 0 Å². The highest BCUT2D eigenvalue weighted by atomic mass is 16.2. The second-order valence-electron chi connectivity index (χ2n) is 4.69. The molecule has 0 bridgehead atoms. The number of anilines is 1. The minimum atomic E-state index is -0.354. The third kappa shape index (κ3) is 3.54. The molecule has 1 atom stereocenters. The van der Waals surface area contributed by atoms with Gasteiger partial charge in [-0.25, -0.2) is 4.79 Å². The molecule has 1 fully saturated rings. The van der Waals surface area contributed by atoms with E-state index in [0.717, 1.165) is 19.4 Å². The Morgan fingerprint density at radius 2 is 2.05 bits per heavy atom. The van der Waals surface area contributed by atoms with E-state index in [1.165, 1.54) is 11.8 Å². The Morgan fingerprint density at radius 3 is 2.63 bits per heavy atom. The molecule has 5 nitrogen and oxygen atoms in total. The molecule has 5 heteroatoms. The van der Waals surface area contributed by atoms with Crippen molar-refractivity contribution in [3.8, 4) is 0 Å². The van der Waals surface area contributed by atoms with E-state index in [0.29, 0.717) is 12.2 Å². The predicted molar refractivity (Wildman–Crippen MR) is 73.9 cm³/mol. The number of urea groups is 1. The van der Waals surface area contributed by atoms with Crippen molar-refractivity contribution in [2.24, 2.45) is 0 Å². The second-order valence-corrected chi connectivity index (χ2v) is 4.69. The van der Waals surface area contributed by atoms with Gasteiger partial charge in [-0.3, -0.25) is 9.69 Å². The highest BCUT2D eigenvalue weighted by molar-refractivity contribution is 6.00. The van der Waals surface area contributed by atoms with E-state index in [1.54, 1.807) is 12.1 Å². The van der Waals surface area contributed by atoms with Crippen LogP contribution in [-0.4, -0.2) is 36.0 Å². The van der Waals surface area contributed by atoms with Crippen molar-refractivity contribution in [3.05, 3.63) is 30.3 Å². The number of nitrogens with zero attached hydrogens (tertiary/aromatic N) is 1. The van der Waals surface area contributed by atoms with Crippen molar-refractivity contribution in [1.29, 1.82) is 0 Å². The van der Waals surface area contributed by atoms with Crippen molar-refractivity contribution < 1.29 is 9.59 Å². The molecular weight excluding hydrogens is 242 g/mol. The first-order valence-electron chi connectivity index (χ1n) is 6.55. The first-order valence-corrected chi connectivity index (χ1v) is 6.55. The SMILES string of the molecule is CC(=O)N(C(=O)Nc1ccccc1)C1CCCNC1. The summed E-state index contributed by atoms with van der Waals surface area (Å²) in [5.74, 6) is -0.220. The van der Waals surface area contributed by atoms with Crippen LogP contribution in [0.1, 0.15) is 19.8 Å². The van der Waals surface area contributed by atoms with E-state index in [4.69, 9.17) is 0 Å². The van der Waals surface area contributed by atoms with Crippen molar-refractivity contribution in [2.45, 2.75) is 25.8 Å². The summed E-state index contributed by atoms with van der Waals surface area (Å²) in [6, 6.07) is 8.75. The molecule has 0 spiro atoms. The standard InChI is InChI=1S/C14H19N3O2/c1-11(18)17(13-8-5-9-15-10-13)14(19)16-12-6-3-2-4-7-12/h2-4,6-7,13,15H,5,8-10H2,1H3,(H,16,19). The zero-order valence-electron chi connectivity index (χ0n) is 11.1. The molecule has 19 heavy (non-hydrogen) atoms. The highest BCUT2D eigenvalue weighted by Crippen LogP contribution is 2.13. The summed E-state index contributed by atoms with van der Waals surface area (Å²) >= 11 is 0. The van der Waals surface area contributed by atoms with Crippen LogP contribution in [0.2, 0.25) is 0 Å². The van der Waals surface area contributed by atoms with Gasteiger partial charge in [-0.2, -0.15) is 0 Å². The van der Waals surface area contributed by atoms with E-state index in [9.17, 15) is 9.59 Å². The monoisotopic (exact) mass is 261 g/mol. The summed E-state index contributed by atoms with van der Waals surface area (Å²) in [6.07, 6.45) is 1.84. The molecule has 1 aliphatic heterocycles. The number of nitrogens with one attached hydrogen (secondary N) is 2. The number of para-hydroxylation sites is 1. The van der Waals surface area contributed by atoms with Crippen LogP contribution in [0.5, 0.6) is 0 Å². The lowest BCUT2D eigenvalue weighted by molar-refractivity contribution is -0.127. The average molecular weight is 261 g/mol. The normalized spacial score (nSPS) is 18.7. The number of piperidine rings is 1. The summed E-state index contributed by atoms with van der Waals surface area (Å²) in [7, 11) is 0. The second kappa shape index (κ2) is 6.33. The Hall–Kier alpha value is -1.88. The maximum Gasteiger partial charge on any atom is 0.328 e. The maximum atomic E-state index is 12.2. The number of rotatable bonds is 2. The first-order chi connectivity index (χ1) is 9.18. The molecule has 1 saturated heterocycles. The summed E-state index contributed by atoms with van der Waals surface area (Å²) in [5.41, 5.74) is 0.697. The van der Waals surface area contributed by atoms with Crippen LogP contribution in [0.15, 0.2) is 30.3 Å². The van der Waals surface area contributed by atoms with Gasteiger partial charge in [0.1, 0.15) is 0 Å². The molecule has 2 rings (SSSR count). The third-order valence-electron chi connectivity index (χ3n) is 3.22. The number of carbonyl (C=O) groups excluding carboxylic acids is 2. The Kier molecular flexibility index (Phi) is 4.52. The summed E-state index contributed by atoms with van der Waals surface area (Å²) in [6.45, 7) is 3.05. The average Bonchev–Trinajstić information content (AvgIpc) is 2.40. The highest BCUT2D eigenvalue weighted by Gasteiger charge is 2.28. The molecule has 1 aromatic rings. The lowest BCUT2D eigenvalue weighted by atomic mass is 10.1. The van der Waals surface area contributed by atoms with E-state index in [1.807, 2.05) is 18.2 Å². The van der Waals surface area contributed by atoms with Gasteiger partial charge in [0.05, 0.1) is 6.04 Å². The molecule has 1 aromatic carbocycles. The van der Waals surface area contributed by atoms with Gasteiger partial charge < -0.3 is 10.6 Å². The Labute approximate surface area is 113 Å². The Morgan fingerprint density at radius 1 is 1.32 bits per heavy atom. The fraction of sp³-hybridized carbons (Fsp3) is 0.429. The molecule has 3 amide bonds. The molecule has 2 N–H and O–H groups in total. The van der Waals surface area contributed by atoms with Gasteiger partial charge in [0.2, 0.25) is 5.91 Å². The lowest BCUT2D eigenvalue weighted by Crippen LogP contribution is -2.52. The zero-order valence-corrected chi connectivity index (χ0v) is 11.1. The number of imide groups is 1. The predicted octanol–water partition coefficient (Wildman–Crippen LogP) is 1.82. The van der Waals surface area contributed by atoms with Gasteiger partial charge in [-0.05, 0) is 31.5 Å². The summed E-state index contributed by atoms with van der Waals surface area (Å²) in [5, 5.41) is 5.97. The van der Waals surface area contributed by atoms with Crippen LogP contribution >= 0.6 is 0 Å². The van der Waals surface area contributed by atoms with Gasteiger partial charge in [0, 0.05) is 19.2 Å². The fourth-order valence-corrected chi connectivity index (χ4v) is 2.32. The van der Waals surface area contributed by atoms with Crippen molar-refractivity contribution >= 4 is 17.6 Å². The molecular formula is C14H19N3O2. The number of hydrogen-bond acceptors (Lipinski definition) is 3. The Balaban J connectivity index is 2.06. The van der Waals surface area contributed by atoms with Gasteiger partial charge in [0.25, 0.3) is 0 Å². The fourth-order valence-electron chi connectivity index (χ4n) is 2.32. The molecule has 1 aliphatic rings. The third-order valence-corrected chi connectivity index (χ3v) is 3.22. The van der Waals surface area contributed by atoms with E-state index >= 15 is 0 Å². The number of carbonyl (C=O) groups is 2. The lowest BCUT2D eigenvalue weighted by Gasteiger charge is -2.32.